The number of nitrogens with zero attached hydrogens (tertiary/aromatic N) is 2. The Morgan fingerprint density at radius 3 is 1.41 bits per heavy atom. The first-order valence-corrected chi connectivity index (χ1v) is 12.6. The summed E-state index contributed by atoms with van der Waals surface area (Å²) in [6.45, 7) is 0. The van der Waals surface area contributed by atoms with E-state index in [2.05, 4.69) is 0 Å². The van der Waals surface area contributed by atoms with Crippen molar-refractivity contribution in [1.82, 2.24) is 0 Å². The monoisotopic (exact) mass is 456 g/mol. The van der Waals surface area contributed by atoms with E-state index in [9.17, 15) is 0 Å². The maximum atomic E-state index is 5.19. The van der Waals surface area contributed by atoms with Crippen LogP contribution in [0.4, 0.5) is 11.4 Å². The van der Waals surface area contributed by atoms with Gasteiger partial charge in [-0.1, -0.05) is 46.0 Å². The summed E-state index contributed by atoms with van der Waals surface area (Å²) in [5.41, 5.74) is 5.42. The molecule has 9 heteroatoms. The third-order valence-electron chi connectivity index (χ3n) is 3.54. The van der Waals surface area contributed by atoms with E-state index in [1.54, 1.807) is 56.6 Å². The number of benzene rings is 2. The van der Waals surface area contributed by atoms with Crippen LogP contribution < -0.4 is 19.3 Å². The molecule has 0 aromatic heterocycles. The van der Waals surface area contributed by atoms with Gasteiger partial charge < -0.3 is 19.3 Å². The van der Waals surface area contributed by atoms with Crippen LogP contribution in [0.3, 0.4) is 0 Å². The lowest BCUT2D eigenvalue weighted by Crippen LogP contribution is -2.19. The molecule has 0 saturated heterocycles. The number of hydrogen-bond donors (Lipinski definition) is 0. The van der Waals surface area contributed by atoms with Crippen LogP contribution in [0.15, 0.2) is 48.5 Å². The molecule has 0 aliphatic heterocycles. The van der Waals surface area contributed by atoms with Crippen molar-refractivity contribution < 1.29 is 9.47 Å². The van der Waals surface area contributed by atoms with E-state index in [0.29, 0.717) is 0 Å². The van der Waals surface area contributed by atoms with Crippen molar-refractivity contribution in [2.75, 3.05) is 35.8 Å². The zero-order valence-corrected chi connectivity index (χ0v) is 19.0. The molecule has 0 amide bonds. The van der Waals surface area contributed by atoms with Crippen molar-refractivity contribution in [1.29, 1.82) is 0 Å². The number of ether oxygens (including phenoxy) is 2. The second-order valence-electron chi connectivity index (χ2n) is 5.11. The Labute approximate surface area is 182 Å². The van der Waals surface area contributed by atoms with Gasteiger partial charge in [0, 0.05) is 11.4 Å². The quantitative estimate of drug-likeness (QED) is 0.168. The maximum Gasteiger partial charge on any atom is 0.119 e. The lowest BCUT2D eigenvalue weighted by molar-refractivity contribution is 0.414. The van der Waals surface area contributed by atoms with Crippen molar-refractivity contribution in [3.05, 3.63) is 48.5 Å². The highest BCUT2D eigenvalue weighted by Gasteiger charge is 2.07. The molecule has 2 rings (SSSR count). The second kappa shape index (κ2) is 12.4. The normalized spacial score (nSPS) is 10.1. The predicted octanol–water partition coefficient (Wildman–Crippen LogP) is 5.88. The van der Waals surface area contributed by atoms with E-state index in [0.717, 1.165) is 34.6 Å². The minimum absolute atomic E-state index is 0.758. The average molecular weight is 457 g/mol. The van der Waals surface area contributed by atoms with Gasteiger partial charge in [-0.3, -0.25) is 0 Å². The first-order chi connectivity index (χ1) is 13.2. The Bertz CT molecular complexity index is 651. The van der Waals surface area contributed by atoms with Gasteiger partial charge in [0.15, 0.2) is 0 Å². The molecular weight excluding hydrogens is 437 g/mol. The molecule has 27 heavy (non-hydrogen) atoms. The largest absolute Gasteiger partial charge is 0.497 e. The highest BCUT2D eigenvalue weighted by molar-refractivity contribution is 9.09. The average Bonchev–Trinajstić information content (AvgIpc) is 2.74. The zero-order chi connectivity index (χ0) is 19.5. The number of thiocarbonyl (C=S) groups is 2. The highest BCUT2D eigenvalue weighted by Crippen LogP contribution is 2.36. The number of methoxy groups -OCH3 is 2. The second-order valence-corrected chi connectivity index (χ2v) is 9.70. The Hall–Kier alpha value is -1.13. The summed E-state index contributed by atoms with van der Waals surface area (Å²) in [6, 6.07) is 15.7. The molecule has 0 saturated carbocycles. The van der Waals surface area contributed by atoms with Gasteiger partial charge in [0.25, 0.3) is 0 Å². The zero-order valence-electron chi connectivity index (χ0n) is 14.9. The van der Waals surface area contributed by atoms with Gasteiger partial charge in [-0.05, 0) is 58.4 Å². The molecule has 2 aromatic rings. The van der Waals surface area contributed by atoms with Gasteiger partial charge in [0.1, 0.15) is 11.5 Å². The molecule has 0 fully saturated rings. The Morgan fingerprint density at radius 1 is 0.741 bits per heavy atom. The standard InChI is InChI=1S/C18H20N2O2S5/c1-21-17-7-3-15(4-8-17)19(11-23)13-25-27-26-14-20(12-24)16-5-9-18(22-2)10-6-16/h3-12H,13-14H2,1-2H3. The Morgan fingerprint density at radius 2 is 1.11 bits per heavy atom. The maximum absolute atomic E-state index is 5.19. The summed E-state index contributed by atoms with van der Waals surface area (Å²) < 4.78 is 10.4. The summed E-state index contributed by atoms with van der Waals surface area (Å²) in [5.74, 6) is 3.18. The summed E-state index contributed by atoms with van der Waals surface area (Å²) in [4.78, 5) is 4.04. The molecular formula is C18H20N2O2S5. The van der Waals surface area contributed by atoms with Crippen LogP contribution in [-0.4, -0.2) is 37.0 Å². The van der Waals surface area contributed by atoms with Crippen LogP contribution in [0.2, 0.25) is 0 Å². The van der Waals surface area contributed by atoms with E-state index in [1.165, 1.54) is 0 Å². The highest BCUT2D eigenvalue weighted by atomic mass is 33.5. The summed E-state index contributed by atoms with van der Waals surface area (Å²) in [6.07, 6.45) is 0. The molecule has 0 aliphatic carbocycles. The van der Waals surface area contributed by atoms with Crippen molar-refractivity contribution >= 4 is 78.2 Å². The van der Waals surface area contributed by atoms with Gasteiger partial charge in [-0.2, -0.15) is 0 Å². The first kappa shape index (κ1) is 22.2. The lowest BCUT2D eigenvalue weighted by Gasteiger charge is -2.20. The van der Waals surface area contributed by atoms with Crippen LogP contribution in [-0.2, 0) is 0 Å². The molecule has 4 nitrogen and oxygen atoms in total. The van der Waals surface area contributed by atoms with E-state index >= 15 is 0 Å². The number of hydrogen-bond acceptors (Lipinski definition) is 7. The van der Waals surface area contributed by atoms with Crippen LogP contribution in [0.1, 0.15) is 0 Å². The Balaban J connectivity index is 1.76. The topological polar surface area (TPSA) is 24.9 Å². The minimum Gasteiger partial charge on any atom is -0.497 e. The molecule has 0 bridgehead atoms. The van der Waals surface area contributed by atoms with Crippen LogP contribution >= 0.6 is 55.8 Å². The SMILES string of the molecule is COc1ccc(N(C=S)CSSSCN(C=S)c2ccc(OC)cc2)cc1. The summed E-state index contributed by atoms with van der Waals surface area (Å²) in [5, 5.41) is 0. The minimum atomic E-state index is 0.758. The van der Waals surface area contributed by atoms with Crippen LogP contribution in [0.25, 0.3) is 0 Å². The van der Waals surface area contributed by atoms with Crippen LogP contribution in [0.5, 0.6) is 11.5 Å². The van der Waals surface area contributed by atoms with E-state index in [1.807, 2.05) is 58.3 Å². The fourth-order valence-corrected chi connectivity index (χ4v) is 6.01. The number of anilines is 2. The number of rotatable bonds is 12. The fourth-order valence-electron chi connectivity index (χ4n) is 2.07. The summed E-state index contributed by atoms with van der Waals surface area (Å²) in [7, 11) is 8.48. The van der Waals surface area contributed by atoms with Crippen molar-refractivity contribution in [3.63, 3.8) is 0 Å². The van der Waals surface area contributed by atoms with Gasteiger partial charge in [-0.25, -0.2) is 0 Å². The van der Waals surface area contributed by atoms with E-state index < -0.39 is 0 Å². The van der Waals surface area contributed by atoms with Gasteiger partial charge in [-0.15, -0.1) is 0 Å². The van der Waals surface area contributed by atoms with Crippen molar-refractivity contribution in [3.8, 4) is 11.5 Å². The molecule has 2 aromatic carbocycles. The van der Waals surface area contributed by atoms with Crippen molar-refractivity contribution in [2.45, 2.75) is 0 Å². The fraction of sp³-hybridized carbons (Fsp3) is 0.222. The molecule has 0 heterocycles. The first-order valence-electron chi connectivity index (χ1n) is 7.85. The summed E-state index contributed by atoms with van der Waals surface area (Å²) >= 11 is 10.3. The molecule has 0 spiro atoms. The smallest absolute Gasteiger partial charge is 0.119 e. The van der Waals surface area contributed by atoms with E-state index in [-0.39, 0.29) is 0 Å². The molecule has 0 unspecified atom stereocenters. The predicted molar refractivity (Wildman–Crippen MR) is 131 cm³/mol. The van der Waals surface area contributed by atoms with Gasteiger partial charge >= 0.3 is 0 Å². The molecule has 0 aliphatic rings. The molecule has 144 valence electrons. The third kappa shape index (κ3) is 7.08. The molecule has 0 N–H and O–H groups in total. The molecule has 0 atom stereocenters. The third-order valence-corrected chi connectivity index (χ3v) is 7.95. The van der Waals surface area contributed by atoms with Crippen molar-refractivity contribution in [2.24, 2.45) is 0 Å². The lowest BCUT2D eigenvalue weighted by atomic mass is 10.3. The van der Waals surface area contributed by atoms with Gasteiger partial charge in [0.05, 0.1) is 37.0 Å². The van der Waals surface area contributed by atoms with Gasteiger partial charge in [0.2, 0.25) is 0 Å². The van der Waals surface area contributed by atoms with E-state index in [4.69, 9.17) is 33.9 Å². The van der Waals surface area contributed by atoms with Crippen LogP contribution in [0, 0.1) is 0 Å². The Kier molecular flexibility index (Phi) is 10.1. The molecule has 0 radical (unpaired) electrons.